The van der Waals surface area contributed by atoms with Gasteiger partial charge in [-0.2, -0.15) is 18.3 Å². The van der Waals surface area contributed by atoms with Gasteiger partial charge in [0.15, 0.2) is 11.5 Å². The van der Waals surface area contributed by atoms with Gasteiger partial charge in [0, 0.05) is 12.7 Å². The second-order valence-electron chi connectivity index (χ2n) is 3.21. The van der Waals surface area contributed by atoms with Gasteiger partial charge in [0.1, 0.15) is 0 Å². The van der Waals surface area contributed by atoms with E-state index < -0.39 is 11.9 Å². The number of hydrogen-bond acceptors (Lipinski definition) is 4. The van der Waals surface area contributed by atoms with Crippen LogP contribution in [0.4, 0.5) is 13.2 Å². The molecule has 0 radical (unpaired) electrons. The maximum absolute atomic E-state index is 12.3. The maximum Gasteiger partial charge on any atom is 0.435 e. The van der Waals surface area contributed by atoms with Gasteiger partial charge in [-0.15, -0.1) is 0 Å². The van der Waals surface area contributed by atoms with E-state index in [0.717, 1.165) is 10.7 Å². The van der Waals surface area contributed by atoms with Gasteiger partial charge in [0.2, 0.25) is 0 Å². The summed E-state index contributed by atoms with van der Waals surface area (Å²) in [5, 5.41) is 3.37. The molecule has 0 saturated heterocycles. The lowest BCUT2D eigenvalue weighted by Crippen LogP contribution is -2.08. The van der Waals surface area contributed by atoms with Crippen LogP contribution in [0.5, 0.6) is 0 Å². The van der Waals surface area contributed by atoms with Crippen molar-refractivity contribution in [2.45, 2.75) is 12.7 Å². The van der Waals surface area contributed by atoms with E-state index in [0.29, 0.717) is 5.69 Å². The number of nitrogens with zero attached hydrogens (tertiary/aromatic N) is 4. The van der Waals surface area contributed by atoms with Crippen LogP contribution >= 0.6 is 0 Å². The Morgan fingerprint density at radius 2 is 2.00 bits per heavy atom. The molecule has 0 spiro atoms. The average molecular weight is 243 g/mol. The van der Waals surface area contributed by atoms with Crippen molar-refractivity contribution >= 4 is 0 Å². The lowest BCUT2D eigenvalue weighted by molar-refractivity contribution is -0.141. The van der Waals surface area contributed by atoms with Gasteiger partial charge in [0.25, 0.3) is 0 Å². The zero-order valence-corrected chi connectivity index (χ0v) is 8.52. The van der Waals surface area contributed by atoms with Gasteiger partial charge >= 0.3 is 6.18 Å². The summed E-state index contributed by atoms with van der Waals surface area (Å²) in [6.45, 7) is 0.222. The number of rotatable bonds is 2. The molecule has 0 aromatic carbocycles. The molecular formula is C9H8F3N5. The van der Waals surface area contributed by atoms with E-state index in [1.54, 1.807) is 0 Å². The SMILES string of the molecule is NCc1cnc(-n2ccc(C(F)(F)F)n2)cn1. The zero-order valence-electron chi connectivity index (χ0n) is 8.52. The van der Waals surface area contributed by atoms with Crippen LogP contribution in [0.2, 0.25) is 0 Å². The van der Waals surface area contributed by atoms with E-state index in [1.807, 2.05) is 0 Å². The fourth-order valence-electron chi connectivity index (χ4n) is 1.17. The second kappa shape index (κ2) is 4.13. The molecule has 0 fully saturated rings. The smallest absolute Gasteiger partial charge is 0.325 e. The molecule has 17 heavy (non-hydrogen) atoms. The number of aromatic nitrogens is 4. The fourth-order valence-corrected chi connectivity index (χ4v) is 1.17. The van der Waals surface area contributed by atoms with Crippen LogP contribution in [0.25, 0.3) is 5.82 Å². The van der Waals surface area contributed by atoms with Gasteiger partial charge in [0.05, 0.1) is 18.1 Å². The number of alkyl halides is 3. The van der Waals surface area contributed by atoms with E-state index in [-0.39, 0.29) is 12.4 Å². The van der Waals surface area contributed by atoms with Crippen molar-refractivity contribution in [2.75, 3.05) is 0 Å². The van der Waals surface area contributed by atoms with Crippen LogP contribution in [-0.4, -0.2) is 19.7 Å². The second-order valence-corrected chi connectivity index (χ2v) is 3.21. The van der Waals surface area contributed by atoms with E-state index in [2.05, 4.69) is 15.1 Å². The van der Waals surface area contributed by atoms with E-state index in [4.69, 9.17) is 5.73 Å². The Morgan fingerprint density at radius 1 is 1.24 bits per heavy atom. The standard InChI is InChI=1S/C9H8F3N5/c10-9(11,12)7-1-2-17(16-7)8-5-14-6(3-13)4-15-8/h1-2,4-5H,3,13H2. The Balaban J connectivity index is 2.30. The van der Waals surface area contributed by atoms with Crippen LogP contribution in [0.3, 0.4) is 0 Å². The first kappa shape index (κ1) is 11.5. The Labute approximate surface area is 94.1 Å². The van der Waals surface area contributed by atoms with Gasteiger partial charge in [-0.3, -0.25) is 4.98 Å². The van der Waals surface area contributed by atoms with Crippen LogP contribution in [0.15, 0.2) is 24.7 Å². The predicted molar refractivity (Wildman–Crippen MR) is 52.0 cm³/mol. The third-order valence-corrected chi connectivity index (χ3v) is 2.02. The molecule has 0 aliphatic heterocycles. The largest absolute Gasteiger partial charge is 0.435 e. The van der Waals surface area contributed by atoms with Crippen molar-refractivity contribution in [3.63, 3.8) is 0 Å². The molecule has 8 heteroatoms. The third kappa shape index (κ3) is 2.41. The van der Waals surface area contributed by atoms with E-state index >= 15 is 0 Å². The minimum atomic E-state index is -4.46. The van der Waals surface area contributed by atoms with E-state index in [1.165, 1.54) is 18.6 Å². The number of hydrogen-bond donors (Lipinski definition) is 1. The van der Waals surface area contributed by atoms with Crippen molar-refractivity contribution in [3.8, 4) is 5.82 Å². The normalized spacial score (nSPS) is 11.8. The first-order valence-electron chi connectivity index (χ1n) is 4.65. The highest BCUT2D eigenvalue weighted by molar-refractivity contribution is 5.19. The summed E-state index contributed by atoms with van der Waals surface area (Å²) in [6.07, 6.45) is -0.579. The molecule has 2 rings (SSSR count). The first-order chi connectivity index (χ1) is 8.00. The maximum atomic E-state index is 12.3. The van der Waals surface area contributed by atoms with Crippen molar-refractivity contribution < 1.29 is 13.2 Å². The van der Waals surface area contributed by atoms with Crippen LogP contribution in [0.1, 0.15) is 11.4 Å². The quantitative estimate of drug-likeness (QED) is 0.858. The van der Waals surface area contributed by atoms with Crippen LogP contribution < -0.4 is 5.73 Å². The lowest BCUT2D eigenvalue weighted by atomic mass is 10.4. The van der Waals surface area contributed by atoms with Crippen LogP contribution in [-0.2, 0) is 12.7 Å². The summed E-state index contributed by atoms with van der Waals surface area (Å²) in [5.74, 6) is 0.206. The summed E-state index contributed by atoms with van der Waals surface area (Å²) >= 11 is 0. The highest BCUT2D eigenvalue weighted by Gasteiger charge is 2.33. The number of halogens is 3. The van der Waals surface area contributed by atoms with Crippen molar-refractivity contribution in [1.29, 1.82) is 0 Å². The minimum Gasteiger partial charge on any atom is -0.325 e. The Kier molecular flexibility index (Phi) is 2.80. The van der Waals surface area contributed by atoms with Gasteiger partial charge in [-0.05, 0) is 6.07 Å². The van der Waals surface area contributed by atoms with Crippen LogP contribution in [0, 0.1) is 0 Å². The van der Waals surface area contributed by atoms with Gasteiger partial charge < -0.3 is 5.73 Å². The predicted octanol–water partition coefficient (Wildman–Crippen LogP) is 1.14. The average Bonchev–Trinajstić information content (AvgIpc) is 2.78. The molecule has 0 atom stereocenters. The van der Waals surface area contributed by atoms with Crippen molar-refractivity contribution in [1.82, 2.24) is 19.7 Å². The molecule has 2 aromatic heterocycles. The molecule has 0 amide bonds. The molecular weight excluding hydrogens is 235 g/mol. The summed E-state index contributed by atoms with van der Waals surface area (Å²) in [6, 6.07) is 0.874. The molecule has 2 heterocycles. The highest BCUT2D eigenvalue weighted by atomic mass is 19.4. The molecule has 0 saturated carbocycles. The molecule has 90 valence electrons. The topological polar surface area (TPSA) is 69.6 Å². The Morgan fingerprint density at radius 3 is 2.47 bits per heavy atom. The van der Waals surface area contributed by atoms with Gasteiger partial charge in [-0.1, -0.05) is 0 Å². The highest BCUT2D eigenvalue weighted by Crippen LogP contribution is 2.27. The zero-order chi connectivity index (χ0) is 12.5. The minimum absolute atomic E-state index is 0.206. The van der Waals surface area contributed by atoms with Crippen molar-refractivity contribution in [2.24, 2.45) is 5.73 Å². The fraction of sp³-hybridized carbons (Fsp3) is 0.222. The molecule has 5 nitrogen and oxygen atoms in total. The molecule has 2 aromatic rings. The Hall–Kier alpha value is -1.96. The molecule has 0 aliphatic carbocycles. The molecule has 2 N–H and O–H groups in total. The van der Waals surface area contributed by atoms with E-state index in [9.17, 15) is 13.2 Å². The molecule has 0 unspecified atom stereocenters. The summed E-state index contributed by atoms with van der Waals surface area (Å²) in [5.41, 5.74) is 4.91. The number of nitrogens with two attached hydrogens (primary N) is 1. The third-order valence-electron chi connectivity index (χ3n) is 2.02. The summed E-state index contributed by atoms with van der Waals surface area (Å²) in [4.78, 5) is 7.82. The lowest BCUT2D eigenvalue weighted by Gasteiger charge is -2.02. The summed E-state index contributed by atoms with van der Waals surface area (Å²) < 4.78 is 37.9. The van der Waals surface area contributed by atoms with Gasteiger partial charge in [-0.25, -0.2) is 9.67 Å². The Bertz CT molecular complexity index is 502. The molecule has 0 bridgehead atoms. The first-order valence-corrected chi connectivity index (χ1v) is 4.65. The summed E-state index contributed by atoms with van der Waals surface area (Å²) in [7, 11) is 0. The monoisotopic (exact) mass is 243 g/mol. The van der Waals surface area contributed by atoms with Crippen molar-refractivity contribution in [3.05, 3.63) is 36.0 Å². The molecule has 0 aliphatic rings.